The minimum Gasteiger partial charge on any atom is -0.294 e. The van der Waals surface area contributed by atoms with Crippen molar-refractivity contribution in [3.63, 3.8) is 0 Å². The van der Waals surface area contributed by atoms with Gasteiger partial charge in [0.25, 0.3) is 0 Å². The summed E-state index contributed by atoms with van der Waals surface area (Å²) in [5.74, 6) is -1.32. The number of carbonyl (C=O) groups is 2. The zero-order valence-electron chi connectivity index (χ0n) is 14.3. The van der Waals surface area contributed by atoms with Crippen molar-refractivity contribution >= 4 is 44.9 Å². The summed E-state index contributed by atoms with van der Waals surface area (Å²) >= 11 is 9.69. The fraction of sp³-hybridized carbons (Fsp3) is 0.238. The van der Waals surface area contributed by atoms with Gasteiger partial charge in [-0.15, -0.1) is 0 Å². The molecule has 1 atom stereocenters. The molecule has 4 rings (SSSR count). The summed E-state index contributed by atoms with van der Waals surface area (Å²) in [5, 5.41) is 0.244. The van der Waals surface area contributed by atoms with E-state index >= 15 is 0 Å². The second kappa shape index (κ2) is 7.21. The molecule has 1 heterocycles. The van der Waals surface area contributed by atoms with E-state index in [1.54, 1.807) is 11.0 Å². The van der Waals surface area contributed by atoms with Gasteiger partial charge < -0.3 is 0 Å². The molecule has 0 bridgehead atoms. The van der Waals surface area contributed by atoms with Gasteiger partial charge in [0.05, 0.1) is 0 Å². The van der Waals surface area contributed by atoms with E-state index < -0.39 is 11.7 Å². The number of amides is 1. The van der Waals surface area contributed by atoms with Crippen molar-refractivity contribution < 1.29 is 14.0 Å². The Morgan fingerprint density at radius 3 is 2.63 bits per heavy atom. The maximum Gasteiger partial charge on any atom is 0.232 e. The van der Waals surface area contributed by atoms with Crippen molar-refractivity contribution in [2.45, 2.75) is 31.6 Å². The van der Waals surface area contributed by atoms with Gasteiger partial charge in [0.15, 0.2) is 5.78 Å². The lowest BCUT2D eigenvalue weighted by Crippen LogP contribution is -2.40. The van der Waals surface area contributed by atoms with Crippen molar-refractivity contribution in [3.05, 3.63) is 74.6 Å². The molecule has 2 aromatic carbocycles. The summed E-state index contributed by atoms with van der Waals surface area (Å²) in [6, 6.07) is 11.8. The average Bonchev–Trinajstić information content (AvgIpc) is 2.61. The molecule has 27 heavy (non-hydrogen) atoms. The summed E-state index contributed by atoms with van der Waals surface area (Å²) in [5.41, 5.74) is 2.14. The molecule has 0 saturated heterocycles. The predicted molar refractivity (Wildman–Crippen MR) is 106 cm³/mol. The van der Waals surface area contributed by atoms with Gasteiger partial charge in [-0.25, -0.2) is 4.39 Å². The largest absolute Gasteiger partial charge is 0.294 e. The number of ketones is 1. The zero-order chi connectivity index (χ0) is 19.1. The van der Waals surface area contributed by atoms with Crippen LogP contribution in [0.3, 0.4) is 0 Å². The number of rotatable bonds is 2. The molecule has 0 radical (unpaired) electrons. The Kier molecular flexibility index (Phi) is 4.91. The Balaban J connectivity index is 1.91. The average molecular weight is 449 g/mol. The Bertz CT molecular complexity index is 968. The third kappa shape index (κ3) is 3.23. The van der Waals surface area contributed by atoms with Crippen LogP contribution in [-0.4, -0.2) is 11.7 Å². The van der Waals surface area contributed by atoms with Gasteiger partial charge in [-0.05, 0) is 43.2 Å². The van der Waals surface area contributed by atoms with Crippen molar-refractivity contribution in [2.24, 2.45) is 0 Å². The third-order valence-corrected chi connectivity index (χ3v) is 5.91. The highest BCUT2D eigenvalue weighted by Crippen LogP contribution is 2.45. The molecule has 1 aliphatic carbocycles. The van der Waals surface area contributed by atoms with Crippen LogP contribution in [0.2, 0.25) is 5.02 Å². The molecular weight excluding hydrogens is 433 g/mol. The molecule has 0 saturated carbocycles. The normalized spacial score (nSPS) is 20.1. The van der Waals surface area contributed by atoms with Gasteiger partial charge in [-0.1, -0.05) is 39.7 Å². The molecular formula is C21H16BrClFNO2. The lowest BCUT2D eigenvalue weighted by Gasteiger charge is -2.38. The minimum absolute atomic E-state index is 0.0116. The van der Waals surface area contributed by atoms with E-state index in [0.717, 1.165) is 4.47 Å². The standard InChI is InChI=1S/C21H16BrClFNO2/c22-12-4-1-5-13(10-12)25-17-8-3-9-18(26)21(17)14(11-19(25)27)20-15(23)6-2-7-16(20)24/h1-2,4-7,10,14H,3,8-9,11H2. The Hall–Kier alpha value is -1.98. The molecule has 2 aliphatic rings. The van der Waals surface area contributed by atoms with E-state index in [2.05, 4.69) is 15.9 Å². The van der Waals surface area contributed by atoms with E-state index in [-0.39, 0.29) is 28.7 Å². The van der Waals surface area contributed by atoms with Gasteiger partial charge in [0.2, 0.25) is 5.91 Å². The van der Waals surface area contributed by atoms with Gasteiger partial charge in [0.1, 0.15) is 5.82 Å². The highest BCUT2D eigenvalue weighted by atomic mass is 79.9. The van der Waals surface area contributed by atoms with E-state index in [9.17, 15) is 14.0 Å². The lowest BCUT2D eigenvalue weighted by molar-refractivity contribution is -0.119. The quantitative estimate of drug-likeness (QED) is 0.585. The fourth-order valence-corrected chi connectivity index (χ4v) is 4.68. The molecule has 0 aromatic heterocycles. The Morgan fingerprint density at radius 1 is 1.11 bits per heavy atom. The first-order valence-corrected chi connectivity index (χ1v) is 9.93. The molecule has 0 spiro atoms. The number of halogens is 3. The Labute approximate surface area is 169 Å². The second-order valence-corrected chi connectivity index (χ2v) is 8.06. The van der Waals surface area contributed by atoms with Crippen LogP contribution in [0.15, 0.2) is 58.2 Å². The first kappa shape index (κ1) is 18.4. The topological polar surface area (TPSA) is 37.4 Å². The van der Waals surface area contributed by atoms with Gasteiger partial charge >= 0.3 is 0 Å². The third-order valence-electron chi connectivity index (χ3n) is 5.09. The van der Waals surface area contributed by atoms with Crippen molar-refractivity contribution in [2.75, 3.05) is 4.90 Å². The molecule has 6 heteroatoms. The Morgan fingerprint density at radius 2 is 1.89 bits per heavy atom. The second-order valence-electron chi connectivity index (χ2n) is 6.74. The predicted octanol–water partition coefficient (Wildman–Crippen LogP) is 5.77. The van der Waals surface area contributed by atoms with Crippen LogP contribution >= 0.6 is 27.5 Å². The smallest absolute Gasteiger partial charge is 0.232 e. The summed E-state index contributed by atoms with van der Waals surface area (Å²) in [7, 11) is 0. The van der Waals surface area contributed by atoms with Crippen molar-refractivity contribution in [3.8, 4) is 0 Å². The minimum atomic E-state index is -0.641. The van der Waals surface area contributed by atoms with Crippen molar-refractivity contribution in [1.29, 1.82) is 0 Å². The summed E-state index contributed by atoms with van der Waals surface area (Å²) < 4.78 is 15.4. The van der Waals surface area contributed by atoms with Crippen LogP contribution in [0.4, 0.5) is 10.1 Å². The van der Waals surface area contributed by atoms with E-state index in [1.165, 1.54) is 12.1 Å². The first-order valence-electron chi connectivity index (χ1n) is 8.76. The number of hydrogen-bond acceptors (Lipinski definition) is 2. The van der Waals surface area contributed by atoms with E-state index in [4.69, 9.17) is 11.6 Å². The molecule has 138 valence electrons. The summed E-state index contributed by atoms with van der Waals surface area (Å²) in [6.07, 6.45) is 1.69. The molecule has 1 amide bonds. The molecule has 1 unspecified atom stereocenters. The monoisotopic (exact) mass is 447 g/mol. The first-order chi connectivity index (χ1) is 13.0. The zero-order valence-corrected chi connectivity index (χ0v) is 16.7. The van der Waals surface area contributed by atoms with Crippen LogP contribution in [0.1, 0.15) is 37.2 Å². The molecule has 0 fully saturated rings. The van der Waals surface area contributed by atoms with Crippen LogP contribution in [0.25, 0.3) is 0 Å². The highest BCUT2D eigenvalue weighted by molar-refractivity contribution is 9.10. The summed E-state index contributed by atoms with van der Waals surface area (Å²) in [6.45, 7) is 0. The molecule has 0 N–H and O–H groups in total. The number of nitrogens with zero attached hydrogens (tertiary/aromatic N) is 1. The number of Topliss-reactive ketones (excluding diaryl/α,β-unsaturated/α-hetero) is 1. The molecule has 2 aromatic rings. The van der Waals surface area contributed by atoms with Gasteiger partial charge in [0, 0.05) is 50.8 Å². The summed E-state index contributed by atoms with van der Waals surface area (Å²) in [4.78, 5) is 27.5. The number of carbonyl (C=O) groups excluding carboxylic acids is 2. The number of allylic oxidation sites excluding steroid dienone is 2. The van der Waals surface area contributed by atoms with E-state index in [1.807, 2.05) is 24.3 Å². The lowest BCUT2D eigenvalue weighted by atomic mass is 9.77. The highest BCUT2D eigenvalue weighted by Gasteiger charge is 2.41. The van der Waals surface area contributed by atoms with E-state index in [0.29, 0.717) is 36.2 Å². The number of hydrogen-bond donors (Lipinski definition) is 0. The van der Waals surface area contributed by atoms with Gasteiger partial charge in [-0.2, -0.15) is 0 Å². The van der Waals surface area contributed by atoms with Crippen LogP contribution < -0.4 is 4.90 Å². The van der Waals surface area contributed by atoms with Crippen LogP contribution in [0.5, 0.6) is 0 Å². The molecule has 1 aliphatic heterocycles. The van der Waals surface area contributed by atoms with Crippen molar-refractivity contribution in [1.82, 2.24) is 0 Å². The van der Waals surface area contributed by atoms with Crippen LogP contribution in [-0.2, 0) is 9.59 Å². The number of anilines is 1. The van der Waals surface area contributed by atoms with Gasteiger partial charge in [-0.3, -0.25) is 14.5 Å². The maximum absolute atomic E-state index is 14.6. The maximum atomic E-state index is 14.6. The fourth-order valence-electron chi connectivity index (χ4n) is 4.00. The molecule has 3 nitrogen and oxygen atoms in total. The van der Waals surface area contributed by atoms with Crippen LogP contribution in [0, 0.1) is 5.82 Å². The number of benzene rings is 2. The SMILES string of the molecule is O=C1CCCC2=C1C(c1c(F)cccc1Cl)CC(=O)N2c1cccc(Br)c1.